The first-order chi connectivity index (χ1) is 15.1. The second-order valence-corrected chi connectivity index (χ2v) is 7.57. The van der Waals surface area contributed by atoms with Crippen LogP contribution < -0.4 is 0 Å². The van der Waals surface area contributed by atoms with Crippen LogP contribution in [0.4, 0.5) is 0 Å². The topological polar surface area (TPSA) is 0 Å². The lowest BCUT2D eigenvalue weighted by atomic mass is 9.92. The molecule has 0 atom stereocenters. The minimum Gasteiger partial charge on any atom is -0.0991 e. The van der Waals surface area contributed by atoms with Gasteiger partial charge in [0.25, 0.3) is 0 Å². The monoisotopic (exact) mass is 398 g/mol. The summed E-state index contributed by atoms with van der Waals surface area (Å²) < 4.78 is 0. The summed E-state index contributed by atoms with van der Waals surface area (Å²) in [7, 11) is 0. The molecule has 4 aromatic carbocycles. The van der Waals surface area contributed by atoms with Crippen molar-refractivity contribution < 1.29 is 0 Å². The van der Waals surface area contributed by atoms with Crippen molar-refractivity contribution in [2.75, 3.05) is 0 Å². The van der Waals surface area contributed by atoms with Crippen molar-refractivity contribution in [2.24, 2.45) is 0 Å². The third kappa shape index (κ3) is 3.93. The smallest absolute Gasteiger partial charge is 0.00928 e. The molecule has 0 aromatic heterocycles. The zero-order valence-electron chi connectivity index (χ0n) is 17.9. The van der Waals surface area contributed by atoms with Crippen LogP contribution >= 0.6 is 0 Å². The van der Waals surface area contributed by atoms with E-state index in [4.69, 9.17) is 0 Å². The van der Waals surface area contributed by atoms with Crippen LogP contribution in [-0.4, -0.2) is 0 Å². The Kier molecular flexibility index (Phi) is 5.82. The van der Waals surface area contributed by atoms with E-state index in [0.717, 1.165) is 16.7 Å². The number of fused-ring (bicyclic) bond motifs is 6. The van der Waals surface area contributed by atoms with Crippen molar-refractivity contribution in [3.8, 4) is 0 Å². The van der Waals surface area contributed by atoms with Crippen molar-refractivity contribution in [3.05, 3.63) is 140 Å². The molecule has 0 heteroatoms. The van der Waals surface area contributed by atoms with Gasteiger partial charge < -0.3 is 0 Å². The molecule has 0 saturated heterocycles. The van der Waals surface area contributed by atoms with Gasteiger partial charge in [0.05, 0.1) is 0 Å². The van der Waals surface area contributed by atoms with Crippen molar-refractivity contribution >= 4 is 37.9 Å². The summed E-state index contributed by atoms with van der Waals surface area (Å²) in [6, 6.07) is 24.1. The molecular formula is C31H26. The quantitative estimate of drug-likeness (QED) is 0.224. The summed E-state index contributed by atoms with van der Waals surface area (Å²) in [5.41, 5.74) is 4.10. The van der Waals surface area contributed by atoms with Gasteiger partial charge in [0.1, 0.15) is 0 Å². The fourth-order valence-corrected chi connectivity index (χ4v) is 4.03. The maximum absolute atomic E-state index is 4.13. The molecule has 150 valence electrons. The minimum absolute atomic E-state index is 0.877. The number of rotatable bonds is 6. The molecular weight excluding hydrogens is 372 g/mol. The fraction of sp³-hybridized carbons (Fsp3) is 0.0323. The van der Waals surface area contributed by atoms with E-state index >= 15 is 0 Å². The highest BCUT2D eigenvalue weighted by molar-refractivity contribution is 6.25. The Balaban J connectivity index is 1.83. The fourth-order valence-electron chi connectivity index (χ4n) is 4.03. The Hall–Kier alpha value is -3.90. The molecule has 0 nitrogen and oxygen atoms in total. The van der Waals surface area contributed by atoms with Gasteiger partial charge in [0, 0.05) is 0 Å². The van der Waals surface area contributed by atoms with Crippen LogP contribution in [0.5, 0.6) is 0 Å². The van der Waals surface area contributed by atoms with E-state index in [1.165, 1.54) is 37.9 Å². The third-order valence-electron chi connectivity index (χ3n) is 5.70. The molecule has 4 rings (SSSR count). The van der Waals surface area contributed by atoms with Crippen molar-refractivity contribution in [2.45, 2.75) is 6.92 Å². The molecule has 0 bridgehead atoms. The van der Waals surface area contributed by atoms with Crippen LogP contribution in [0.25, 0.3) is 37.9 Å². The maximum Gasteiger partial charge on any atom is -0.00928 e. The molecule has 0 amide bonds. The van der Waals surface area contributed by atoms with Crippen LogP contribution in [0.2, 0.25) is 0 Å². The summed E-state index contributed by atoms with van der Waals surface area (Å²) in [5, 5.41) is 7.72. The first kappa shape index (κ1) is 20.4. The molecule has 0 radical (unpaired) electrons. The van der Waals surface area contributed by atoms with Crippen LogP contribution in [0, 0.1) is 0 Å². The summed E-state index contributed by atoms with van der Waals surface area (Å²) in [4.78, 5) is 0. The van der Waals surface area contributed by atoms with Crippen LogP contribution in [-0.2, 0) is 0 Å². The van der Waals surface area contributed by atoms with Crippen molar-refractivity contribution in [3.63, 3.8) is 0 Å². The number of benzene rings is 4. The highest BCUT2D eigenvalue weighted by Crippen LogP contribution is 2.36. The van der Waals surface area contributed by atoms with E-state index < -0.39 is 0 Å². The second kappa shape index (κ2) is 8.85. The summed E-state index contributed by atoms with van der Waals surface area (Å²) in [6.07, 6.45) is 11.8. The van der Waals surface area contributed by atoms with Crippen LogP contribution in [0.15, 0.2) is 134 Å². The molecule has 0 aliphatic heterocycles. The van der Waals surface area contributed by atoms with Gasteiger partial charge in [-0.1, -0.05) is 117 Å². The van der Waals surface area contributed by atoms with Gasteiger partial charge in [-0.05, 0) is 67.6 Å². The Morgan fingerprint density at radius 3 is 1.71 bits per heavy atom. The van der Waals surface area contributed by atoms with E-state index in [9.17, 15) is 0 Å². The van der Waals surface area contributed by atoms with Gasteiger partial charge in [0.15, 0.2) is 0 Å². The molecule has 0 unspecified atom stereocenters. The average Bonchev–Trinajstić information content (AvgIpc) is 2.82. The lowest BCUT2D eigenvalue weighted by Gasteiger charge is -2.12. The van der Waals surface area contributed by atoms with E-state index in [-0.39, 0.29) is 0 Å². The lowest BCUT2D eigenvalue weighted by molar-refractivity contribution is 1.58. The minimum atomic E-state index is 0.877. The van der Waals surface area contributed by atoms with Crippen LogP contribution in [0.1, 0.15) is 12.5 Å². The summed E-state index contributed by atoms with van der Waals surface area (Å²) in [6.45, 7) is 14.0. The highest BCUT2D eigenvalue weighted by atomic mass is 14.1. The Bertz CT molecular complexity index is 1390. The van der Waals surface area contributed by atoms with Gasteiger partial charge >= 0.3 is 0 Å². The Labute approximate surface area is 184 Å². The molecule has 0 aliphatic rings. The van der Waals surface area contributed by atoms with E-state index in [1.807, 2.05) is 18.2 Å². The van der Waals surface area contributed by atoms with E-state index in [2.05, 4.69) is 106 Å². The molecule has 0 fully saturated rings. The van der Waals surface area contributed by atoms with Gasteiger partial charge in [0.2, 0.25) is 0 Å². The van der Waals surface area contributed by atoms with Gasteiger partial charge in [-0.25, -0.2) is 0 Å². The number of allylic oxidation sites excluding steroid dienone is 9. The zero-order valence-corrected chi connectivity index (χ0v) is 17.9. The largest absolute Gasteiger partial charge is 0.0991 e. The predicted octanol–water partition coefficient (Wildman–Crippen LogP) is 8.96. The van der Waals surface area contributed by atoms with Crippen molar-refractivity contribution in [1.29, 1.82) is 0 Å². The predicted molar refractivity (Wildman–Crippen MR) is 139 cm³/mol. The van der Waals surface area contributed by atoms with E-state index in [1.54, 1.807) is 6.08 Å². The first-order valence-corrected chi connectivity index (χ1v) is 10.5. The van der Waals surface area contributed by atoms with Gasteiger partial charge in [-0.15, -0.1) is 0 Å². The normalized spacial score (nSPS) is 12.4. The van der Waals surface area contributed by atoms with Gasteiger partial charge in [-0.3, -0.25) is 0 Å². The standard InChI is InChI=1S/C31H26/c1-5-7-12-22(3)23(4)17-18-24(6-2)25-19-20-30-28-15-9-8-13-26(28)27-14-10-11-16-29(27)31(30)21-25/h5-21H,1,3-4H2,2H3/b12-7-,18-17-,24-6+. The Morgan fingerprint density at radius 1 is 0.645 bits per heavy atom. The first-order valence-electron chi connectivity index (χ1n) is 10.5. The summed E-state index contributed by atoms with van der Waals surface area (Å²) in [5.74, 6) is 0. The number of hydrogen-bond acceptors (Lipinski definition) is 0. The summed E-state index contributed by atoms with van der Waals surface area (Å²) >= 11 is 0. The van der Waals surface area contributed by atoms with E-state index in [0.29, 0.717) is 0 Å². The maximum atomic E-state index is 4.13. The molecule has 0 saturated carbocycles. The molecule has 0 heterocycles. The highest BCUT2D eigenvalue weighted by Gasteiger charge is 2.09. The second-order valence-electron chi connectivity index (χ2n) is 7.57. The molecule has 0 N–H and O–H groups in total. The average molecular weight is 399 g/mol. The molecule has 0 spiro atoms. The molecule has 4 aromatic rings. The van der Waals surface area contributed by atoms with Crippen molar-refractivity contribution in [1.82, 2.24) is 0 Å². The molecule has 0 aliphatic carbocycles. The zero-order chi connectivity index (χ0) is 21.8. The number of hydrogen-bond donors (Lipinski definition) is 0. The molecule has 31 heavy (non-hydrogen) atoms. The Morgan fingerprint density at radius 2 is 1.16 bits per heavy atom. The third-order valence-corrected chi connectivity index (χ3v) is 5.70. The van der Waals surface area contributed by atoms with Gasteiger partial charge in [-0.2, -0.15) is 0 Å². The SMILES string of the molecule is C=C/C=C\C(=C)C(=C)/C=C\C(=C/C)c1ccc2c3ccccc3c3ccccc3c2c1. The van der Waals surface area contributed by atoms with Crippen LogP contribution in [0.3, 0.4) is 0 Å². The lowest BCUT2D eigenvalue weighted by Crippen LogP contribution is -1.87.